The van der Waals surface area contributed by atoms with Crippen LogP contribution >= 0.6 is 11.8 Å². The average Bonchev–Trinajstić information content (AvgIpc) is 2.33. The molecule has 90 valence electrons. The van der Waals surface area contributed by atoms with Crippen LogP contribution in [-0.2, 0) is 4.74 Å². The molecule has 3 N–H and O–H groups in total. The van der Waals surface area contributed by atoms with Gasteiger partial charge in [-0.3, -0.25) is 0 Å². The van der Waals surface area contributed by atoms with Crippen LogP contribution in [0, 0.1) is 0 Å². The second-order valence-electron chi connectivity index (χ2n) is 3.55. The highest BCUT2D eigenvalue weighted by atomic mass is 32.2. The summed E-state index contributed by atoms with van der Waals surface area (Å²) in [5, 5.41) is 11.7. The van der Waals surface area contributed by atoms with Gasteiger partial charge in [0.05, 0.1) is 32.9 Å². The molecule has 0 aliphatic rings. The van der Waals surface area contributed by atoms with E-state index in [2.05, 4.69) is 5.32 Å². The summed E-state index contributed by atoms with van der Waals surface area (Å²) < 4.78 is 5.33. The van der Waals surface area contributed by atoms with Crippen molar-refractivity contribution in [1.82, 2.24) is 0 Å². The molecule has 0 amide bonds. The summed E-state index contributed by atoms with van der Waals surface area (Å²) in [6, 6.07) is 10.1. The Hall–Kier alpha value is -0.550. The largest absolute Gasteiger partial charge is 0.390 e. The molecular formula is C12H20NO2S+. The fourth-order valence-electron chi connectivity index (χ4n) is 1.18. The summed E-state index contributed by atoms with van der Waals surface area (Å²) in [4.78, 5) is 1.18. The first kappa shape index (κ1) is 13.5. The third-order valence-electron chi connectivity index (χ3n) is 2.05. The smallest absolute Gasteiger partial charge is 0.0991 e. The summed E-state index contributed by atoms with van der Waals surface area (Å²) in [5.41, 5.74) is 0. The molecule has 3 nitrogen and oxygen atoms in total. The molecule has 0 aliphatic carbocycles. The van der Waals surface area contributed by atoms with E-state index >= 15 is 0 Å². The van der Waals surface area contributed by atoms with Gasteiger partial charge in [0.2, 0.25) is 0 Å². The Kier molecular flexibility index (Phi) is 7.25. The molecule has 0 radical (unpaired) electrons. The number of benzene rings is 1. The molecule has 0 unspecified atom stereocenters. The molecule has 0 heterocycles. The summed E-state index contributed by atoms with van der Waals surface area (Å²) in [6.45, 7) is 2.07. The average molecular weight is 242 g/mol. The first-order valence-electron chi connectivity index (χ1n) is 5.54. The molecule has 0 saturated carbocycles. The fourth-order valence-corrected chi connectivity index (χ4v) is 2.01. The lowest BCUT2D eigenvalue weighted by atomic mass is 10.4. The first-order valence-corrected chi connectivity index (χ1v) is 6.53. The molecule has 1 aromatic rings. The van der Waals surface area contributed by atoms with Gasteiger partial charge >= 0.3 is 0 Å². The van der Waals surface area contributed by atoms with E-state index in [1.54, 1.807) is 11.8 Å². The third-order valence-corrected chi connectivity index (χ3v) is 3.20. The van der Waals surface area contributed by atoms with E-state index in [-0.39, 0.29) is 6.10 Å². The molecule has 0 spiro atoms. The lowest BCUT2D eigenvalue weighted by molar-refractivity contribution is -0.628. The van der Waals surface area contributed by atoms with Crippen molar-refractivity contribution < 1.29 is 15.2 Å². The van der Waals surface area contributed by atoms with E-state index in [1.165, 1.54) is 4.90 Å². The number of aliphatic hydroxyl groups is 1. The molecule has 4 heteroatoms. The van der Waals surface area contributed by atoms with Crippen LogP contribution in [-0.4, -0.2) is 43.8 Å². The number of hydrogen-bond acceptors (Lipinski definition) is 3. The Morgan fingerprint density at radius 3 is 2.81 bits per heavy atom. The molecule has 0 bridgehead atoms. The SMILES string of the molecule is C[NH2+]CCOC[C@@H](O)CSc1ccccc1. The van der Waals surface area contributed by atoms with Gasteiger partial charge in [-0.05, 0) is 12.1 Å². The van der Waals surface area contributed by atoms with E-state index in [0.29, 0.717) is 19.0 Å². The molecular weight excluding hydrogens is 222 g/mol. The maximum absolute atomic E-state index is 9.65. The zero-order chi connectivity index (χ0) is 11.6. The van der Waals surface area contributed by atoms with Gasteiger partial charge in [-0.25, -0.2) is 0 Å². The van der Waals surface area contributed by atoms with Gasteiger partial charge in [0.15, 0.2) is 0 Å². The topological polar surface area (TPSA) is 46.1 Å². The monoisotopic (exact) mass is 242 g/mol. The first-order chi connectivity index (χ1) is 7.83. The zero-order valence-electron chi connectivity index (χ0n) is 9.63. The minimum atomic E-state index is -0.387. The van der Waals surface area contributed by atoms with Crippen LogP contribution in [0.4, 0.5) is 0 Å². The van der Waals surface area contributed by atoms with E-state index in [9.17, 15) is 5.11 Å². The van der Waals surface area contributed by atoms with Crippen LogP contribution < -0.4 is 5.32 Å². The van der Waals surface area contributed by atoms with Gasteiger partial charge < -0.3 is 15.2 Å². The van der Waals surface area contributed by atoms with Crippen molar-refractivity contribution in [2.75, 3.05) is 32.6 Å². The number of aliphatic hydroxyl groups excluding tert-OH is 1. The minimum absolute atomic E-state index is 0.387. The number of hydrogen-bond donors (Lipinski definition) is 2. The number of nitrogens with two attached hydrogens (primary N) is 1. The quantitative estimate of drug-likeness (QED) is 0.511. The van der Waals surface area contributed by atoms with Gasteiger partial charge in [0.1, 0.15) is 0 Å². The highest BCUT2D eigenvalue weighted by Gasteiger charge is 2.05. The Morgan fingerprint density at radius 1 is 1.38 bits per heavy atom. The predicted octanol–water partition coefficient (Wildman–Crippen LogP) is 0.349. The second-order valence-corrected chi connectivity index (χ2v) is 4.64. The van der Waals surface area contributed by atoms with Gasteiger partial charge in [-0.1, -0.05) is 18.2 Å². The molecule has 0 aromatic heterocycles. The van der Waals surface area contributed by atoms with Crippen LogP contribution in [0.5, 0.6) is 0 Å². The lowest BCUT2D eigenvalue weighted by Crippen LogP contribution is -2.80. The number of ether oxygens (including phenoxy) is 1. The summed E-state index contributed by atoms with van der Waals surface area (Å²) >= 11 is 1.65. The number of likely N-dealkylation sites (N-methyl/N-ethyl adjacent to an activating group) is 1. The van der Waals surface area contributed by atoms with E-state index in [0.717, 1.165) is 6.54 Å². The van der Waals surface area contributed by atoms with Crippen LogP contribution in [0.25, 0.3) is 0 Å². The molecule has 0 fully saturated rings. The zero-order valence-corrected chi connectivity index (χ0v) is 10.5. The van der Waals surface area contributed by atoms with Crippen LogP contribution in [0.3, 0.4) is 0 Å². The molecule has 16 heavy (non-hydrogen) atoms. The summed E-state index contributed by atoms with van der Waals surface area (Å²) in [5.74, 6) is 0.680. The van der Waals surface area contributed by atoms with Gasteiger partial charge in [0.25, 0.3) is 0 Å². The maximum atomic E-state index is 9.65. The summed E-state index contributed by atoms with van der Waals surface area (Å²) in [7, 11) is 2.01. The lowest BCUT2D eigenvalue weighted by Gasteiger charge is -2.10. The standard InChI is InChI=1S/C12H19NO2S/c1-13-7-8-15-9-11(14)10-16-12-5-3-2-4-6-12/h2-6,11,13-14H,7-10H2,1H3/p+1/t11-/m1/s1. The highest BCUT2D eigenvalue weighted by molar-refractivity contribution is 7.99. The van der Waals surface area contributed by atoms with Gasteiger partial charge in [0, 0.05) is 10.6 Å². The van der Waals surface area contributed by atoms with Crippen molar-refractivity contribution in [3.63, 3.8) is 0 Å². The van der Waals surface area contributed by atoms with Gasteiger partial charge in [-0.2, -0.15) is 0 Å². The van der Waals surface area contributed by atoms with Crippen molar-refractivity contribution >= 4 is 11.8 Å². The number of rotatable bonds is 8. The van der Waals surface area contributed by atoms with Crippen molar-refractivity contribution in [1.29, 1.82) is 0 Å². The Balaban J connectivity index is 2.08. The molecule has 1 atom stereocenters. The third kappa shape index (κ3) is 6.12. The van der Waals surface area contributed by atoms with Gasteiger partial charge in [-0.15, -0.1) is 11.8 Å². The molecule has 1 aromatic carbocycles. The Bertz CT molecular complexity index is 269. The van der Waals surface area contributed by atoms with E-state index < -0.39 is 0 Å². The fraction of sp³-hybridized carbons (Fsp3) is 0.500. The number of thioether (sulfide) groups is 1. The van der Waals surface area contributed by atoms with Crippen LogP contribution in [0.2, 0.25) is 0 Å². The number of quaternary nitrogens is 1. The second kappa shape index (κ2) is 8.58. The highest BCUT2D eigenvalue weighted by Crippen LogP contribution is 2.17. The Labute approximate surface area is 101 Å². The summed E-state index contributed by atoms with van der Waals surface area (Å²) in [6.07, 6.45) is -0.387. The maximum Gasteiger partial charge on any atom is 0.0991 e. The Morgan fingerprint density at radius 2 is 2.12 bits per heavy atom. The normalized spacial score (nSPS) is 12.6. The van der Waals surface area contributed by atoms with Crippen molar-refractivity contribution in [3.8, 4) is 0 Å². The minimum Gasteiger partial charge on any atom is -0.390 e. The van der Waals surface area contributed by atoms with Crippen LogP contribution in [0.1, 0.15) is 0 Å². The molecule has 0 saturated heterocycles. The van der Waals surface area contributed by atoms with Crippen molar-refractivity contribution in [3.05, 3.63) is 30.3 Å². The van der Waals surface area contributed by atoms with E-state index in [1.807, 2.05) is 37.4 Å². The van der Waals surface area contributed by atoms with Crippen molar-refractivity contribution in [2.45, 2.75) is 11.0 Å². The van der Waals surface area contributed by atoms with E-state index in [4.69, 9.17) is 4.74 Å². The van der Waals surface area contributed by atoms with Crippen LogP contribution in [0.15, 0.2) is 35.2 Å². The molecule has 0 aliphatic heterocycles. The molecule has 1 rings (SSSR count). The predicted molar refractivity (Wildman–Crippen MR) is 66.7 cm³/mol. The van der Waals surface area contributed by atoms with Crippen molar-refractivity contribution in [2.24, 2.45) is 0 Å².